The summed E-state index contributed by atoms with van der Waals surface area (Å²) < 4.78 is 27.6. The van der Waals surface area contributed by atoms with Crippen LogP contribution in [0, 0.1) is 6.92 Å². The molecule has 0 unspecified atom stereocenters. The van der Waals surface area contributed by atoms with Crippen LogP contribution in [-0.2, 0) is 10.0 Å². The maximum absolute atomic E-state index is 12.6. The maximum atomic E-state index is 12.6. The first-order valence-electron chi connectivity index (χ1n) is 6.74. The largest absolute Gasteiger partial charge is 0.265 e. The number of hydrogen-bond donors (Lipinski definition) is 1. The molecule has 1 aromatic heterocycles. The zero-order valence-corrected chi connectivity index (χ0v) is 15.5. The van der Waals surface area contributed by atoms with Gasteiger partial charge in [-0.15, -0.1) is 10.2 Å². The van der Waals surface area contributed by atoms with Gasteiger partial charge >= 0.3 is 0 Å². The van der Waals surface area contributed by atoms with Gasteiger partial charge < -0.3 is 0 Å². The molecule has 0 saturated heterocycles. The van der Waals surface area contributed by atoms with Crippen molar-refractivity contribution in [3.8, 4) is 10.6 Å². The number of nitrogens with one attached hydrogen (secondary N) is 1. The molecule has 0 radical (unpaired) electrons. The minimum absolute atomic E-state index is 0.0231. The van der Waals surface area contributed by atoms with Crippen molar-refractivity contribution in [3.63, 3.8) is 0 Å². The van der Waals surface area contributed by atoms with Gasteiger partial charge in [0.15, 0.2) is 0 Å². The van der Waals surface area contributed by atoms with Crippen molar-refractivity contribution < 1.29 is 8.42 Å². The second-order valence-electron chi connectivity index (χ2n) is 4.92. The van der Waals surface area contributed by atoms with E-state index in [0.29, 0.717) is 15.6 Å². The van der Waals surface area contributed by atoms with E-state index in [1.165, 1.54) is 12.1 Å². The van der Waals surface area contributed by atoms with E-state index in [9.17, 15) is 8.42 Å². The van der Waals surface area contributed by atoms with Gasteiger partial charge in [0.25, 0.3) is 10.0 Å². The van der Waals surface area contributed by atoms with Crippen LogP contribution in [0.25, 0.3) is 10.6 Å². The predicted octanol–water partition coefficient (Wildman–Crippen LogP) is 4.62. The molecule has 0 aliphatic heterocycles. The van der Waals surface area contributed by atoms with Gasteiger partial charge in [-0.3, -0.25) is 4.72 Å². The van der Waals surface area contributed by atoms with Crippen LogP contribution in [0.4, 0.5) is 5.13 Å². The molecule has 1 heterocycles. The molecule has 2 aromatic carbocycles. The molecule has 5 nitrogen and oxygen atoms in total. The van der Waals surface area contributed by atoms with Gasteiger partial charge in [-0.25, -0.2) is 8.42 Å². The molecule has 1 N–H and O–H groups in total. The fourth-order valence-electron chi connectivity index (χ4n) is 2.16. The van der Waals surface area contributed by atoms with E-state index in [4.69, 9.17) is 23.2 Å². The highest BCUT2D eigenvalue weighted by molar-refractivity contribution is 7.93. The minimum atomic E-state index is -3.89. The minimum Gasteiger partial charge on any atom is -0.253 e. The fraction of sp³-hybridized carbons (Fsp3) is 0.0667. The lowest BCUT2D eigenvalue weighted by Gasteiger charge is -2.10. The van der Waals surface area contributed by atoms with Crippen LogP contribution < -0.4 is 4.72 Å². The molecule has 0 aliphatic carbocycles. The number of aromatic nitrogens is 2. The number of aryl methyl sites for hydroxylation is 1. The van der Waals surface area contributed by atoms with Crippen molar-refractivity contribution in [1.82, 2.24) is 10.2 Å². The van der Waals surface area contributed by atoms with E-state index in [-0.39, 0.29) is 15.0 Å². The van der Waals surface area contributed by atoms with Crippen molar-refractivity contribution >= 4 is 49.7 Å². The number of rotatable bonds is 4. The van der Waals surface area contributed by atoms with Crippen LogP contribution in [0.1, 0.15) is 5.56 Å². The summed E-state index contributed by atoms with van der Waals surface area (Å²) in [7, 11) is -3.89. The van der Waals surface area contributed by atoms with E-state index in [1.807, 2.05) is 30.3 Å². The maximum Gasteiger partial charge on any atom is 0.265 e. The Bertz CT molecular complexity index is 966. The van der Waals surface area contributed by atoms with Crippen LogP contribution in [0.3, 0.4) is 0 Å². The van der Waals surface area contributed by atoms with E-state index in [0.717, 1.165) is 16.9 Å². The van der Waals surface area contributed by atoms with Crippen molar-refractivity contribution in [3.05, 3.63) is 58.1 Å². The van der Waals surface area contributed by atoms with E-state index in [2.05, 4.69) is 14.9 Å². The summed E-state index contributed by atoms with van der Waals surface area (Å²) in [6.45, 7) is 1.63. The third-order valence-corrected chi connectivity index (χ3v) is 6.32. The molecule has 0 saturated carbocycles. The number of hydrogen-bond acceptors (Lipinski definition) is 5. The monoisotopic (exact) mass is 399 g/mol. The molecule has 0 fully saturated rings. The third kappa shape index (κ3) is 3.54. The second-order valence-corrected chi connectivity index (χ2v) is 8.36. The fourth-order valence-corrected chi connectivity index (χ4v) is 5.32. The first-order valence-corrected chi connectivity index (χ1v) is 9.80. The summed E-state index contributed by atoms with van der Waals surface area (Å²) in [4.78, 5) is -0.0231. The summed E-state index contributed by atoms with van der Waals surface area (Å²) in [5.74, 6) is 0. The normalized spacial score (nSPS) is 11.5. The number of anilines is 1. The summed E-state index contributed by atoms with van der Waals surface area (Å²) in [6.07, 6.45) is 0. The highest BCUT2D eigenvalue weighted by atomic mass is 35.5. The topological polar surface area (TPSA) is 72.0 Å². The van der Waals surface area contributed by atoms with Gasteiger partial charge in [0.1, 0.15) is 9.90 Å². The second kappa shape index (κ2) is 6.68. The molecular formula is C15H11Cl2N3O2S2. The smallest absolute Gasteiger partial charge is 0.253 e. The summed E-state index contributed by atoms with van der Waals surface area (Å²) in [6, 6.07) is 12.3. The lowest BCUT2D eigenvalue weighted by atomic mass is 10.2. The number of sulfonamides is 1. The van der Waals surface area contributed by atoms with Gasteiger partial charge in [-0.1, -0.05) is 64.9 Å². The molecule has 9 heteroatoms. The van der Waals surface area contributed by atoms with Crippen LogP contribution in [-0.4, -0.2) is 18.6 Å². The first-order chi connectivity index (χ1) is 11.4. The Morgan fingerprint density at radius 1 is 1.08 bits per heavy atom. The molecule has 3 rings (SSSR count). The summed E-state index contributed by atoms with van der Waals surface area (Å²) in [5, 5.41) is 9.11. The van der Waals surface area contributed by atoms with Crippen molar-refractivity contribution in [2.45, 2.75) is 11.8 Å². The molecule has 0 spiro atoms. The van der Waals surface area contributed by atoms with E-state index in [1.54, 1.807) is 6.92 Å². The average molecular weight is 400 g/mol. The standard InChI is InChI=1S/C15H11Cl2N3O2S2/c1-9-7-11(16)8-12(17)13(9)24(21,22)20-15-19-18-14(23-15)10-5-3-2-4-6-10/h2-8H,1H3,(H,19,20). The third-order valence-electron chi connectivity index (χ3n) is 3.13. The number of benzene rings is 2. The van der Waals surface area contributed by atoms with E-state index < -0.39 is 10.0 Å². The molecule has 124 valence electrons. The summed E-state index contributed by atoms with van der Waals surface area (Å²) >= 11 is 13.1. The lowest BCUT2D eigenvalue weighted by molar-refractivity contribution is 0.600. The van der Waals surface area contributed by atoms with Crippen LogP contribution >= 0.6 is 34.5 Å². The Balaban J connectivity index is 1.93. The average Bonchev–Trinajstić information content (AvgIpc) is 2.94. The van der Waals surface area contributed by atoms with Crippen LogP contribution in [0.15, 0.2) is 47.4 Å². The molecule has 0 aliphatic rings. The number of nitrogens with zero attached hydrogens (tertiary/aromatic N) is 2. The van der Waals surface area contributed by atoms with Gasteiger partial charge in [0.2, 0.25) is 5.13 Å². The molecule has 0 atom stereocenters. The molecular weight excluding hydrogens is 389 g/mol. The summed E-state index contributed by atoms with van der Waals surface area (Å²) in [5.41, 5.74) is 1.31. The van der Waals surface area contributed by atoms with Crippen LogP contribution in [0.2, 0.25) is 10.0 Å². The molecule has 24 heavy (non-hydrogen) atoms. The van der Waals surface area contributed by atoms with Gasteiger partial charge in [0.05, 0.1) is 5.02 Å². The highest BCUT2D eigenvalue weighted by Crippen LogP contribution is 2.32. The van der Waals surface area contributed by atoms with Crippen LogP contribution in [0.5, 0.6) is 0 Å². The Morgan fingerprint density at radius 3 is 2.46 bits per heavy atom. The Kier molecular flexibility index (Phi) is 4.78. The molecule has 0 amide bonds. The van der Waals surface area contributed by atoms with Gasteiger partial charge in [-0.2, -0.15) is 0 Å². The van der Waals surface area contributed by atoms with E-state index >= 15 is 0 Å². The van der Waals surface area contributed by atoms with Gasteiger partial charge in [0, 0.05) is 10.6 Å². The van der Waals surface area contributed by atoms with Gasteiger partial charge in [-0.05, 0) is 24.6 Å². The Morgan fingerprint density at radius 2 is 1.79 bits per heavy atom. The predicted molar refractivity (Wildman–Crippen MR) is 97.4 cm³/mol. The highest BCUT2D eigenvalue weighted by Gasteiger charge is 2.23. The van der Waals surface area contributed by atoms with Crippen molar-refractivity contribution in [2.24, 2.45) is 0 Å². The zero-order valence-electron chi connectivity index (χ0n) is 12.3. The zero-order chi connectivity index (χ0) is 17.3. The molecule has 0 bridgehead atoms. The number of halogens is 2. The Labute approximate surface area is 153 Å². The SMILES string of the molecule is Cc1cc(Cl)cc(Cl)c1S(=O)(=O)Nc1nnc(-c2ccccc2)s1. The van der Waals surface area contributed by atoms with Crippen molar-refractivity contribution in [1.29, 1.82) is 0 Å². The first kappa shape index (κ1) is 17.2. The Hall–Kier alpha value is -1.67. The molecule has 3 aromatic rings. The lowest BCUT2D eigenvalue weighted by Crippen LogP contribution is -2.14. The quantitative estimate of drug-likeness (QED) is 0.694. The van der Waals surface area contributed by atoms with Crippen molar-refractivity contribution in [2.75, 3.05) is 4.72 Å².